The number of nitrogens with zero attached hydrogens (tertiary/aromatic N) is 1. The lowest BCUT2D eigenvalue weighted by molar-refractivity contribution is -0.137. The Morgan fingerprint density at radius 1 is 1.17 bits per heavy atom. The van der Waals surface area contributed by atoms with Gasteiger partial charge in [0.1, 0.15) is 6.04 Å². The van der Waals surface area contributed by atoms with Crippen LogP contribution in [0.15, 0.2) is 0 Å². The van der Waals surface area contributed by atoms with Crippen LogP contribution >= 0.6 is 0 Å². The molecule has 1 saturated heterocycles. The normalized spacial score (nSPS) is 29.0. The average molecular weight is 322 g/mol. The van der Waals surface area contributed by atoms with E-state index in [1.165, 1.54) is 12.8 Å². The van der Waals surface area contributed by atoms with Crippen LogP contribution in [0.4, 0.5) is 0 Å². The molecule has 0 radical (unpaired) electrons. The molecule has 2 fully saturated rings. The lowest BCUT2D eigenvalue weighted by Crippen LogP contribution is -2.48. The summed E-state index contributed by atoms with van der Waals surface area (Å²) in [7, 11) is 0. The lowest BCUT2D eigenvalue weighted by atomic mass is 9.67. The minimum Gasteiger partial charge on any atom is -0.345 e. The first-order valence-corrected chi connectivity index (χ1v) is 9.35. The predicted molar refractivity (Wildman–Crippen MR) is 92.9 cm³/mol. The molecule has 0 bridgehead atoms. The Morgan fingerprint density at radius 2 is 1.83 bits per heavy atom. The Balaban J connectivity index is 1.80. The summed E-state index contributed by atoms with van der Waals surface area (Å²) < 4.78 is 0. The van der Waals surface area contributed by atoms with Crippen LogP contribution in [0.25, 0.3) is 0 Å². The van der Waals surface area contributed by atoms with Crippen LogP contribution in [0.3, 0.4) is 0 Å². The molecule has 2 amide bonds. The van der Waals surface area contributed by atoms with Gasteiger partial charge in [-0.3, -0.25) is 9.59 Å². The van der Waals surface area contributed by atoms with Crippen molar-refractivity contribution in [1.82, 2.24) is 10.2 Å². The molecule has 2 rings (SSSR count). The van der Waals surface area contributed by atoms with E-state index in [9.17, 15) is 9.59 Å². The second-order valence-corrected chi connectivity index (χ2v) is 8.66. The smallest absolute Gasteiger partial charge is 0.244 e. The third kappa shape index (κ3) is 5.50. The lowest BCUT2D eigenvalue weighted by Gasteiger charge is -2.39. The van der Waals surface area contributed by atoms with Gasteiger partial charge in [-0.05, 0) is 62.7 Å². The second-order valence-electron chi connectivity index (χ2n) is 8.66. The molecule has 0 aromatic carbocycles. The molecule has 23 heavy (non-hydrogen) atoms. The Kier molecular flexibility index (Phi) is 6.10. The summed E-state index contributed by atoms with van der Waals surface area (Å²) in [4.78, 5) is 26.6. The molecule has 1 N–H and O–H groups in total. The van der Waals surface area contributed by atoms with E-state index in [4.69, 9.17) is 0 Å². The van der Waals surface area contributed by atoms with Crippen LogP contribution in [0.5, 0.6) is 0 Å². The van der Waals surface area contributed by atoms with Gasteiger partial charge in [0.2, 0.25) is 11.8 Å². The number of amides is 2. The molecule has 1 saturated carbocycles. The first-order valence-electron chi connectivity index (χ1n) is 9.35. The molecular weight excluding hydrogens is 288 g/mol. The molecule has 0 aromatic rings. The highest BCUT2D eigenvalue weighted by Crippen LogP contribution is 2.42. The van der Waals surface area contributed by atoms with Crippen molar-refractivity contribution in [3.63, 3.8) is 0 Å². The number of carbonyl (C=O) groups is 2. The highest BCUT2D eigenvalue weighted by Gasteiger charge is 2.33. The van der Waals surface area contributed by atoms with Crippen LogP contribution in [0.2, 0.25) is 0 Å². The highest BCUT2D eigenvalue weighted by molar-refractivity contribution is 5.87. The maximum absolute atomic E-state index is 12.4. The highest BCUT2D eigenvalue weighted by atomic mass is 16.2. The van der Waals surface area contributed by atoms with Gasteiger partial charge in [0.15, 0.2) is 0 Å². The minimum atomic E-state index is -0.394. The molecule has 2 aliphatic rings. The topological polar surface area (TPSA) is 49.4 Å². The van der Waals surface area contributed by atoms with E-state index in [2.05, 4.69) is 26.1 Å². The number of hydrogen-bond acceptors (Lipinski definition) is 2. The molecule has 4 nitrogen and oxygen atoms in total. The number of hydrogen-bond donors (Lipinski definition) is 1. The minimum absolute atomic E-state index is 0.0396. The fourth-order valence-electron chi connectivity index (χ4n) is 4.71. The van der Waals surface area contributed by atoms with Crippen molar-refractivity contribution in [3.8, 4) is 0 Å². The molecule has 0 spiro atoms. The van der Waals surface area contributed by atoms with E-state index in [1.807, 2.05) is 11.8 Å². The van der Waals surface area contributed by atoms with Gasteiger partial charge >= 0.3 is 0 Å². The quantitative estimate of drug-likeness (QED) is 0.863. The molecular formula is C19H34N2O2. The van der Waals surface area contributed by atoms with Gasteiger partial charge in [-0.2, -0.15) is 0 Å². The van der Waals surface area contributed by atoms with Crippen molar-refractivity contribution in [2.45, 2.75) is 78.7 Å². The molecule has 3 atom stereocenters. The van der Waals surface area contributed by atoms with Gasteiger partial charge < -0.3 is 10.2 Å². The van der Waals surface area contributed by atoms with E-state index in [0.29, 0.717) is 23.7 Å². The van der Waals surface area contributed by atoms with Gasteiger partial charge in [0.05, 0.1) is 0 Å². The van der Waals surface area contributed by atoms with Crippen molar-refractivity contribution in [1.29, 1.82) is 0 Å². The maximum atomic E-state index is 12.4. The SMILES string of the molecule is C[C@@H]1C[C@@H](CC(=O)N[C@@H](C)C(=O)N2CCCCC2)CC(C)(C)C1. The molecule has 4 heteroatoms. The van der Waals surface area contributed by atoms with Crippen molar-refractivity contribution in [2.24, 2.45) is 17.3 Å². The standard InChI is InChI=1S/C19H34N2O2/c1-14-10-16(13-19(3,4)12-14)11-17(22)20-15(2)18(23)21-8-6-5-7-9-21/h14-16H,5-13H2,1-4H3,(H,20,22)/t14-,15+,16+/m1/s1. The average Bonchev–Trinajstić information content (AvgIpc) is 2.44. The number of likely N-dealkylation sites (tertiary alicyclic amines) is 1. The van der Waals surface area contributed by atoms with Gasteiger partial charge in [-0.15, -0.1) is 0 Å². The van der Waals surface area contributed by atoms with Crippen LogP contribution in [-0.2, 0) is 9.59 Å². The Morgan fingerprint density at radius 3 is 2.43 bits per heavy atom. The summed E-state index contributed by atoms with van der Waals surface area (Å²) in [6.07, 6.45) is 7.42. The zero-order valence-electron chi connectivity index (χ0n) is 15.4. The maximum Gasteiger partial charge on any atom is 0.244 e. The first kappa shape index (κ1) is 18.3. The van der Waals surface area contributed by atoms with Crippen LogP contribution in [0.1, 0.15) is 72.6 Å². The largest absolute Gasteiger partial charge is 0.345 e. The predicted octanol–water partition coefficient (Wildman–Crippen LogP) is 3.36. The Hall–Kier alpha value is -1.06. The molecule has 1 aliphatic heterocycles. The van der Waals surface area contributed by atoms with Crippen molar-refractivity contribution in [2.75, 3.05) is 13.1 Å². The van der Waals surface area contributed by atoms with Gasteiger partial charge in [0, 0.05) is 19.5 Å². The number of piperidine rings is 1. The number of nitrogens with one attached hydrogen (secondary N) is 1. The second kappa shape index (κ2) is 7.67. The van der Waals surface area contributed by atoms with Gasteiger partial charge in [-0.25, -0.2) is 0 Å². The van der Waals surface area contributed by atoms with Crippen molar-refractivity contribution in [3.05, 3.63) is 0 Å². The zero-order valence-corrected chi connectivity index (χ0v) is 15.4. The zero-order chi connectivity index (χ0) is 17.0. The monoisotopic (exact) mass is 322 g/mol. The molecule has 0 unspecified atom stereocenters. The van der Waals surface area contributed by atoms with Crippen LogP contribution in [0, 0.1) is 17.3 Å². The number of carbonyl (C=O) groups excluding carboxylic acids is 2. The molecule has 1 heterocycles. The Bertz CT molecular complexity index is 427. The van der Waals surface area contributed by atoms with E-state index in [0.717, 1.165) is 38.8 Å². The van der Waals surface area contributed by atoms with Crippen LogP contribution < -0.4 is 5.32 Å². The summed E-state index contributed by atoms with van der Waals surface area (Å²) in [5, 5.41) is 2.94. The summed E-state index contributed by atoms with van der Waals surface area (Å²) >= 11 is 0. The van der Waals surface area contributed by atoms with Crippen LogP contribution in [-0.4, -0.2) is 35.8 Å². The Labute approximate surface area is 141 Å². The fourth-order valence-corrected chi connectivity index (χ4v) is 4.71. The third-order valence-electron chi connectivity index (χ3n) is 5.37. The molecule has 0 aromatic heterocycles. The fraction of sp³-hybridized carbons (Fsp3) is 0.895. The van der Waals surface area contributed by atoms with Crippen molar-refractivity contribution < 1.29 is 9.59 Å². The summed E-state index contributed by atoms with van der Waals surface area (Å²) in [6.45, 7) is 10.4. The van der Waals surface area contributed by atoms with Gasteiger partial charge in [0.25, 0.3) is 0 Å². The third-order valence-corrected chi connectivity index (χ3v) is 5.37. The van der Waals surface area contributed by atoms with E-state index in [1.54, 1.807) is 0 Å². The van der Waals surface area contributed by atoms with Gasteiger partial charge in [-0.1, -0.05) is 20.8 Å². The molecule has 132 valence electrons. The number of rotatable bonds is 4. The van der Waals surface area contributed by atoms with E-state index >= 15 is 0 Å². The van der Waals surface area contributed by atoms with Crippen molar-refractivity contribution >= 4 is 11.8 Å². The molecule has 1 aliphatic carbocycles. The van der Waals surface area contributed by atoms with E-state index < -0.39 is 6.04 Å². The first-order chi connectivity index (χ1) is 10.8. The van der Waals surface area contributed by atoms with E-state index in [-0.39, 0.29) is 11.8 Å². The summed E-state index contributed by atoms with van der Waals surface area (Å²) in [6, 6.07) is -0.394. The summed E-state index contributed by atoms with van der Waals surface area (Å²) in [5.41, 5.74) is 0.331. The summed E-state index contributed by atoms with van der Waals surface area (Å²) in [5.74, 6) is 1.25.